The van der Waals surface area contributed by atoms with E-state index < -0.39 is 17.3 Å². The van der Waals surface area contributed by atoms with Crippen LogP contribution in [0.25, 0.3) is 11.1 Å². The highest BCUT2D eigenvalue weighted by Crippen LogP contribution is 2.38. The molecule has 0 aliphatic carbocycles. The van der Waals surface area contributed by atoms with Gasteiger partial charge in [0.25, 0.3) is 5.91 Å². The number of alkyl halides is 3. The summed E-state index contributed by atoms with van der Waals surface area (Å²) in [6, 6.07) is 22.2. The number of halogens is 3. The maximum atomic E-state index is 13.3. The molecule has 1 fully saturated rings. The zero-order valence-corrected chi connectivity index (χ0v) is 26.8. The third-order valence-electron chi connectivity index (χ3n) is 8.71. The monoisotopic (exact) mass is 622 g/mol. The van der Waals surface area contributed by atoms with Crippen LogP contribution in [0.15, 0.2) is 78.9 Å². The summed E-state index contributed by atoms with van der Waals surface area (Å²) in [6.07, 6.45) is 0.178. The summed E-state index contributed by atoms with van der Waals surface area (Å²) in [6.45, 7) is 10.4. The van der Waals surface area contributed by atoms with Crippen molar-refractivity contribution >= 4 is 11.9 Å². The number of amides is 1. The van der Waals surface area contributed by atoms with E-state index in [9.17, 15) is 22.8 Å². The Morgan fingerprint density at radius 2 is 1.49 bits per heavy atom. The second-order valence-electron chi connectivity index (χ2n) is 13.1. The number of rotatable bonds is 11. The summed E-state index contributed by atoms with van der Waals surface area (Å²) < 4.78 is 44.8. The van der Waals surface area contributed by atoms with Gasteiger partial charge in [-0.3, -0.25) is 9.59 Å². The lowest BCUT2D eigenvalue weighted by molar-refractivity contribution is -0.156. The number of nitrogens with zero attached hydrogens (tertiary/aromatic N) is 1. The molecule has 0 aromatic heterocycles. The predicted molar refractivity (Wildman–Crippen MR) is 172 cm³/mol. The standard InChI is InChI=1S/C37H45F3N2O3/c1-5-36(28-12-7-6-8-13-28,26-33(43)45-35(2,3)4)22-11-23-42-24-20-30(21-25-42)41-34(44)32-15-10-9-14-31(32)27-16-18-29(19-17-27)37(38,39)40/h6-10,12-19,30H,5,11,20-26H2,1-4H3,(H,41,44). The highest BCUT2D eigenvalue weighted by atomic mass is 19.4. The van der Waals surface area contributed by atoms with Crippen molar-refractivity contribution in [2.75, 3.05) is 19.6 Å². The molecule has 1 atom stereocenters. The first-order valence-electron chi connectivity index (χ1n) is 15.9. The van der Waals surface area contributed by atoms with E-state index >= 15 is 0 Å². The first-order valence-corrected chi connectivity index (χ1v) is 15.9. The molecule has 8 heteroatoms. The summed E-state index contributed by atoms with van der Waals surface area (Å²) in [5, 5.41) is 3.16. The Labute approximate surface area is 265 Å². The summed E-state index contributed by atoms with van der Waals surface area (Å²) >= 11 is 0. The van der Waals surface area contributed by atoms with Crippen molar-refractivity contribution in [1.82, 2.24) is 10.2 Å². The van der Waals surface area contributed by atoms with Crippen LogP contribution in [0.2, 0.25) is 0 Å². The van der Waals surface area contributed by atoms with Gasteiger partial charge in [0.15, 0.2) is 0 Å². The highest BCUT2D eigenvalue weighted by molar-refractivity contribution is 6.01. The van der Waals surface area contributed by atoms with Gasteiger partial charge in [-0.2, -0.15) is 13.2 Å². The molecule has 1 aliphatic heterocycles. The molecule has 0 saturated carbocycles. The number of piperidine rings is 1. The van der Waals surface area contributed by atoms with Crippen LogP contribution >= 0.6 is 0 Å². The number of nitrogens with one attached hydrogen (secondary N) is 1. The van der Waals surface area contributed by atoms with E-state index in [2.05, 4.69) is 29.3 Å². The summed E-state index contributed by atoms with van der Waals surface area (Å²) in [5.74, 6) is -0.397. The van der Waals surface area contributed by atoms with Crippen LogP contribution in [0, 0.1) is 0 Å². The molecule has 0 radical (unpaired) electrons. The second-order valence-corrected chi connectivity index (χ2v) is 13.1. The molecule has 1 unspecified atom stereocenters. The molecule has 45 heavy (non-hydrogen) atoms. The van der Waals surface area contributed by atoms with Crippen LogP contribution in [-0.4, -0.2) is 48.1 Å². The lowest BCUT2D eigenvalue weighted by Gasteiger charge is -2.36. The van der Waals surface area contributed by atoms with E-state index in [1.54, 1.807) is 24.3 Å². The molecular weight excluding hydrogens is 577 g/mol. The predicted octanol–water partition coefficient (Wildman–Crippen LogP) is 8.43. The number of carbonyl (C=O) groups excluding carboxylic acids is 2. The number of hydrogen-bond acceptors (Lipinski definition) is 4. The van der Waals surface area contributed by atoms with Gasteiger partial charge in [-0.1, -0.05) is 67.6 Å². The molecule has 4 rings (SSSR count). The lowest BCUT2D eigenvalue weighted by atomic mass is 9.72. The topological polar surface area (TPSA) is 58.6 Å². The van der Waals surface area contributed by atoms with Crippen molar-refractivity contribution in [2.45, 2.75) is 89.5 Å². The minimum Gasteiger partial charge on any atom is -0.460 e. The molecule has 1 aliphatic rings. The Balaban J connectivity index is 1.32. The minimum atomic E-state index is -4.41. The van der Waals surface area contributed by atoms with Crippen molar-refractivity contribution in [3.63, 3.8) is 0 Å². The highest BCUT2D eigenvalue weighted by Gasteiger charge is 2.35. The van der Waals surface area contributed by atoms with Gasteiger partial charge >= 0.3 is 12.1 Å². The van der Waals surface area contributed by atoms with Crippen molar-refractivity contribution in [3.05, 3.63) is 95.6 Å². The largest absolute Gasteiger partial charge is 0.460 e. The maximum absolute atomic E-state index is 13.3. The van der Waals surface area contributed by atoms with Gasteiger partial charge in [0.05, 0.1) is 12.0 Å². The first-order chi connectivity index (χ1) is 21.3. The van der Waals surface area contributed by atoms with Crippen molar-refractivity contribution in [3.8, 4) is 11.1 Å². The van der Waals surface area contributed by atoms with Gasteiger partial charge in [0, 0.05) is 30.1 Å². The van der Waals surface area contributed by atoms with E-state index in [-0.39, 0.29) is 23.3 Å². The Morgan fingerprint density at radius 1 is 0.867 bits per heavy atom. The van der Waals surface area contributed by atoms with Crippen LogP contribution in [0.4, 0.5) is 13.2 Å². The Morgan fingerprint density at radius 3 is 2.09 bits per heavy atom. The molecule has 3 aromatic carbocycles. The number of esters is 1. The summed E-state index contributed by atoms with van der Waals surface area (Å²) in [7, 11) is 0. The normalized spacial score (nSPS) is 16.2. The van der Waals surface area contributed by atoms with Crippen molar-refractivity contribution < 1.29 is 27.5 Å². The molecule has 3 aromatic rings. The fourth-order valence-corrected chi connectivity index (χ4v) is 6.26. The first kappa shape index (κ1) is 34.2. The van der Waals surface area contributed by atoms with Gasteiger partial charge in [-0.25, -0.2) is 0 Å². The van der Waals surface area contributed by atoms with Gasteiger partial charge in [0.1, 0.15) is 5.60 Å². The van der Waals surface area contributed by atoms with E-state index in [1.807, 2.05) is 39.0 Å². The SMILES string of the molecule is CCC(CCCN1CCC(NC(=O)c2ccccc2-c2ccc(C(F)(F)F)cc2)CC1)(CC(=O)OC(C)(C)C)c1ccccc1. The van der Waals surface area contributed by atoms with Gasteiger partial charge in [-0.05, 0) is 94.3 Å². The number of hydrogen-bond donors (Lipinski definition) is 1. The number of likely N-dealkylation sites (tertiary alicyclic amines) is 1. The van der Waals surface area contributed by atoms with Gasteiger partial charge in [-0.15, -0.1) is 0 Å². The maximum Gasteiger partial charge on any atom is 0.416 e. The quantitative estimate of drug-likeness (QED) is 0.218. The van der Waals surface area contributed by atoms with Crippen LogP contribution in [0.3, 0.4) is 0 Å². The Hall–Kier alpha value is -3.65. The van der Waals surface area contributed by atoms with Gasteiger partial charge < -0.3 is 15.0 Å². The lowest BCUT2D eigenvalue weighted by Crippen LogP contribution is -2.45. The molecule has 1 N–H and O–H groups in total. The molecular formula is C37H45F3N2O3. The number of carbonyl (C=O) groups is 2. The van der Waals surface area contributed by atoms with Crippen LogP contribution in [0.5, 0.6) is 0 Å². The van der Waals surface area contributed by atoms with Crippen LogP contribution < -0.4 is 5.32 Å². The zero-order valence-electron chi connectivity index (χ0n) is 26.8. The van der Waals surface area contributed by atoms with E-state index in [1.165, 1.54) is 12.1 Å². The van der Waals surface area contributed by atoms with Crippen molar-refractivity contribution in [1.29, 1.82) is 0 Å². The second kappa shape index (κ2) is 14.6. The third-order valence-corrected chi connectivity index (χ3v) is 8.71. The number of benzene rings is 3. The molecule has 0 bridgehead atoms. The van der Waals surface area contributed by atoms with E-state index in [4.69, 9.17) is 4.74 Å². The fraction of sp³-hybridized carbons (Fsp3) is 0.459. The molecule has 5 nitrogen and oxygen atoms in total. The average molecular weight is 623 g/mol. The average Bonchev–Trinajstić information content (AvgIpc) is 3.00. The summed E-state index contributed by atoms with van der Waals surface area (Å²) in [5.41, 5.74) is 1.23. The molecule has 1 saturated heterocycles. The molecule has 1 amide bonds. The van der Waals surface area contributed by atoms with Crippen LogP contribution in [0.1, 0.15) is 87.7 Å². The van der Waals surface area contributed by atoms with Crippen molar-refractivity contribution in [2.24, 2.45) is 0 Å². The minimum absolute atomic E-state index is 0.0145. The van der Waals surface area contributed by atoms with E-state index in [0.29, 0.717) is 23.1 Å². The zero-order chi connectivity index (χ0) is 32.7. The molecule has 1 heterocycles. The van der Waals surface area contributed by atoms with Gasteiger partial charge in [0.2, 0.25) is 0 Å². The Bertz CT molecular complexity index is 1410. The number of ether oxygens (including phenoxy) is 1. The Kier molecular flexibility index (Phi) is 11.1. The molecule has 242 valence electrons. The summed E-state index contributed by atoms with van der Waals surface area (Å²) in [4.78, 5) is 28.7. The third kappa shape index (κ3) is 9.42. The smallest absolute Gasteiger partial charge is 0.416 e. The van der Waals surface area contributed by atoms with Crippen LogP contribution in [-0.2, 0) is 21.1 Å². The van der Waals surface area contributed by atoms with E-state index in [0.717, 1.165) is 69.4 Å². The fourth-order valence-electron chi connectivity index (χ4n) is 6.26. The molecule has 0 spiro atoms.